The molecule has 0 aliphatic rings. The van der Waals surface area contributed by atoms with Gasteiger partial charge in [0.15, 0.2) is 0 Å². The lowest BCUT2D eigenvalue weighted by molar-refractivity contribution is -0.120. The molecule has 0 saturated heterocycles. The predicted octanol–water partition coefficient (Wildman–Crippen LogP) is 2.60. The topological polar surface area (TPSA) is 29.1 Å². The highest BCUT2D eigenvalue weighted by molar-refractivity contribution is 7.99. The Hall–Kier alpha value is -0.743. The second-order valence-corrected chi connectivity index (χ2v) is 11.8. The SMILES string of the molecule is CS[C@@H](C)C(=O)NCc1ccc([Si](C)(C)C)cc1. The van der Waals surface area contributed by atoms with Crippen LogP contribution in [0.3, 0.4) is 0 Å². The summed E-state index contributed by atoms with van der Waals surface area (Å²) in [5.41, 5.74) is 1.17. The average Bonchev–Trinajstić information content (AvgIpc) is 2.34. The summed E-state index contributed by atoms with van der Waals surface area (Å²) in [7, 11) is -1.22. The van der Waals surface area contributed by atoms with Gasteiger partial charge in [-0.3, -0.25) is 4.79 Å². The van der Waals surface area contributed by atoms with Gasteiger partial charge in [-0.25, -0.2) is 0 Å². The van der Waals surface area contributed by atoms with Crippen LogP contribution in [0.15, 0.2) is 24.3 Å². The monoisotopic (exact) mass is 281 g/mol. The van der Waals surface area contributed by atoms with Crippen LogP contribution in [0.25, 0.3) is 0 Å². The molecule has 1 aromatic rings. The number of carbonyl (C=O) groups is 1. The molecule has 0 aromatic heterocycles. The van der Waals surface area contributed by atoms with E-state index in [0.29, 0.717) is 6.54 Å². The molecule has 2 nitrogen and oxygen atoms in total. The van der Waals surface area contributed by atoms with Crippen LogP contribution in [-0.4, -0.2) is 25.5 Å². The molecule has 4 heteroatoms. The maximum atomic E-state index is 11.6. The summed E-state index contributed by atoms with van der Waals surface area (Å²) >= 11 is 1.57. The number of hydrogen-bond donors (Lipinski definition) is 1. The minimum atomic E-state index is -1.22. The van der Waals surface area contributed by atoms with E-state index in [4.69, 9.17) is 0 Å². The van der Waals surface area contributed by atoms with E-state index in [1.165, 1.54) is 10.8 Å². The summed E-state index contributed by atoms with van der Waals surface area (Å²) < 4.78 is 0. The highest BCUT2D eigenvalue weighted by Crippen LogP contribution is 2.07. The molecule has 0 radical (unpaired) electrons. The Labute approximate surface area is 116 Å². The molecule has 1 amide bonds. The Bertz CT molecular complexity index is 397. The summed E-state index contributed by atoms with van der Waals surface area (Å²) in [6, 6.07) is 8.65. The van der Waals surface area contributed by atoms with Crippen molar-refractivity contribution in [3.05, 3.63) is 29.8 Å². The van der Waals surface area contributed by atoms with Crippen molar-refractivity contribution in [2.24, 2.45) is 0 Å². The van der Waals surface area contributed by atoms with Gasteiger partial charge in [0.05, 0.1) is 13.3 Å². The van der Waals surface area contributed by atoms with Crippen molar-refractivity contribution < 1.29 is 4.79 Å². The second-order valence-electron chi connectivity index (χ2n) is 5.54. The fraction of sp³-hybridized carbons (Fsp3) is 0.500. The van der Waals surface area contributed by atoms with E-state index in [-0.39, 0.29) is 11.2 Å². The number of benzene rings is 1. The number of nitrogens with one attached hydrogen (secondary N) is 1. The first-order valence-corrected chi connectivity index (χ1v) is 11.0. The lowest BCUT2D eigenvalue weighted by atomic mass is 10.2. The summed E-state index contributed by atoms with van der Waals surface area (Å²) in [5, 5.41) is 4.43. The van der Waals surface area contributed by atoms with Gasteiger partial charge in [0.2, 0.25) is 5.91 Å². The molecule has 1 rings (SSSR count). The van der Waals surface area contributed by atoms with Gasteiger partial charge in [0.1, 0.15) is 0 Å². The van der Waals surface area contributed by atoms with Gasteiger partial charge >= 0.3 is 0 Å². The van der Waals surface area contributed by atoms with Crippen molar-refractivity contribution in [3.63, 3.8) is 0 Å². The van der Waals surface area contributed by atoms with E-state index >= 15 is 0 Å². The van der Waals surface area contributed by atoms with Crippen molar-refractivity contribution in [2.75, 3.05) is 6.26 Å². The third-order valence-electron chi connectivity index (χ3n) is 3.01. The molecular weight excluding hydrogens is 258 g/mol. The summed E-state index contributed by atoms with van der Waals surface area (Å²) in [5.74, 6) is 0.108. The molecule has 0 unspecified atom stereocenters. The molecular formula is C14H23NOSSi. The molecule has 0 fully saturated rings. The Kier molecular flexibility index (Phi) is 5.47. The molecule has 0 spiro atoms. The minimum absolute atomic E-state index is 0.0197. The molecule has 18 heavy (non-hydrogen) atoms. The third kappa shape index (κ3) is 4.50. The molecule has 0 saturated carbocycles. The van der Waals surface area contributed by atoms with Crippen LogP contribution >= 0.6 is 11.8 Å². The maximum Gasteiger partial charge on any atom is 0.233 e. The molecule has 1 N–H and O–H groups in total. The van der Waals surface area contributed by atoms with Gasteiger partial charge in [-0.05, 0) is 18.7 Å². The quantitative estimate of drug-likeness (QED) is 0.841. The highest BCUT2D eigenvalue weighted by Gasteiger charge is 2.15. The van der Waals surface area contributed by atoms with Gasteiger partial charge in [-0.2, -0.15) is 11.8 Å². The van der Waals surface area contributed by atoms with Crippen LogP contribution in [0.5, 0.6) is 0 Å². The van der Waals surface area contributed by atoms with E-state index in [1.807, 2.05) is 13.2 Å². The zero-order valence-electron chi connectivity index (χ0n) is 11.9. The largest absolute Gasteiger partial charge is 0.351 e. The smallest absolute Gasteiger partial charge is 0.233 e. The number of rotatable bonds is 5. The van der Waals surface area contributed by atoms with E-state index in [0.717, 1.165) is 0 Å². The first kappa shape index (κ1) is 15.3. The van der Waals surface area contributed by atoms with Gasteiger partial charge in [-0.15, -0.1) is 0 Å². The zero-order chi connectivity index (χ0) is 13.8. The van der Waals surface area contributed by atoms with Crippen LogP contribution < -0.4 is 10.5 Å². The normalized spacial score (nSPS) is 13.2. The lowest BCUT2D eigenvalue weighted by Crippen LogP contribution is -2.37. The summed E-state index contributed by atoms with van der Waals surface area (Å²) in [6.45, 7) is 9.56. The van der Waals surface area contributed by atoms with Crippen molar-refractivity contribution in [3.8, 4) is 0 Å². The van der Waals surface area contributed by atoms with Gasteiger partial charge in [0, 0.05) is 6.54 Å². The van der Waals surface area contributed by atoms with Crippen LogP contribution in [0.2, 0.25) is 19.6 Å². The number of carbonyl (C=O) groups excluding carboxylic acids is 1. The fourth-order valence-corrected chi connectivity index (χ4v) is 3.03. The number of amides is 1. The first-order valence-electron chi connectivity index (χ1n) is 6.24. The Morgan fingerprint density at radius 1 is 1.28 bits per heavy atom. The van der Waals surface area contributed by atoms with Gasteiger partial charge < -0.3 is 5.32 Å². The Morgan fingerprint density at radius 3 is 2.28 bits per heavy atom. The molecule has 1 aromatic carbocycles. The van der Waals surface area contributed by atoms with E-state index in [1.54, 1.807) is 11.8 Å². The third-order valence-corrected chi connectivity index (χ3v) is 6.00. The predicted molar refractivity (Wildman–Crippen MR) is 84.2 cm³/mol. The zero-order valence-corrected chi connectivity index (χ0v) is 13.7. The van der Waals surface area contributed by atoms with Gasteiger partial charge in [-0.1, -0.05) is 49.1 Å². The lowest BCUT2D eigenvalue weighted by Gasteiger charge is -2.17. The second kappa shape index (κ2) is 6.43. The van der Waals surface area contributed by atoms with Crippen LogP contribution in [-0.2, 0) is 11.3 Å². The Balaban J connectivity index is 2.57. The van der Waals surface area contributed by atoms with E-state index < -0.39 is 8.07 Å². The highest BCUT2D eigenvalue weighted by atomic mass is 32.2. The molecule has 0 heterocycles. The maximum absolute atomic E-state index is 11.6. The van der Waals surface area contributed by atoms with E-state index in [2.05, 4.69) is 49.2 Å². The van der Waals surface area contributed by atoms with Crippen molar-refractivity contribution >= 4 is 30.9 Å². The van der Waals surface area contributed by atoms with E-state index in [9.17, 15) is 4.79 Å². The first-order chi connectivity index (χ1) is 8.34. The fourth-order valence-electron chi connectivity index (χ4n) is 1.56. The number of thioether (sulfide) groups is 1. The van der Waals surface area contributed by atoms with Crippen LogP contribution in [0.1, 0.15) is 12.5 Å². The number of hydrogen-bond acceptors (Lipinski definition) is 2. The van der Waals surface area contributed by atoms with Gasteiger partial charge in [0.25, 0.3) is 0 Å². The molecule has 0 aliphatic carbocycles. The van der Waals surface area contributed by atoms with Crippen molar-refractivity contribution in [1.82, 2.24) is 5.32 Å². The van der Waals surface area contributed by atoms with Crippen molar-refractivity contribution in [1.29, 1.82) is 0 Å². The molecule has 1 atom stereocenters. The summed E-state index contributed by atoms with van der Waals surface area (Å²) in [6.07, 6.45) is 1.95. The standard InChI is InChI=1S/C14H23NOSSi/c1-11(17-2)14(16)15-10-12-6-8-13(9-7-12)18(3,4)5/h6-9,11H,10H2,1-5H3,(H,15,16)/t11-/m0/s1. The summed E-state index contributed by atoms with van der Waals surface area (Å²) in [4.78, 5) is 11.6. The average molecular weight is 281 g/mol. The van der Waals surface area contributed by atoms with Crippen LogP contribution in [0.4, 0.5) is 0 Å². The molecule has 0 aliphatic heterocycles. The minimum Gasteiger partial charge on any atom is -0.351 e. The molecule has 100 valence electrons. The van der Waals surface area contributed by atoms with Crippen LogP contribution in [0, 0.1) is 0 Å². The van der Waals surface area contributed by atoms with Crippen molar-refractivity contribution in [2.45, 2.75) is 38.4 Å². The molecule has 0 bridgehead atoms. The Morgan fingerprint density at radius 2 is 1.83 bits per heavy atom.